The Labute approximate surface area is 199 Å². The van der Waals surface area contributed by atoms with Crippen molar-refractivity contribution in [3.8, 4) is 11.4 Å². The fraction of sp³-hybridized carbons (Fsp3) is 0.208. The number of nitrogens with one attached hydrogen (secondary N) is 2. The molecule has 0 aliphatic rings. The van der Waals surface area contributed by atoms with Gasteiger partial charge in [0.25, 0.3) is 5.91 Å². The summed E-state index contributed by atoms with van der Waals surface area (Å²) in [4.78, 5) is 49.0. The number of nitrogens with zero attached hydrogens (tertiary/aromatic N) is 2. The van der Waals surface area contributed by atoms with Crippen molar-refractivity contribution >= 4 is 45.3 Å². The highest BCUT2D eigenvalue weighted by Gasteiger charge is 2.23. The Bertz CT molecular complexity index is 1310. The molecular weight excluding hydrogens is 456 g/mol. The average Bonchev–Trinajstić information content (AvgIpc) is 3.45. The zero-order chi connectivity index (χ0) is 24.1. The first-order chi connectivity index (χ1) is 16.4. The summed E-state index contributed by atoms with van der Waals surface area (Å²) in [7, 11) is 0. The number of H-pyrrole nitrogens is 1. The number of hydrogen-bond donors (Lipinski definition) is 2. The molecule has 1 amide bonds. The first-order valence-corrected chi connectivity index (χ1v) is 11.5. The molecule has 2 N–H and O–H groups in total. The van der Waals surface area contributed by atoms with Gasteiger partial charge in [0.1, 0.15) is 5.82 Å². The SMILES string of the molecule is CCOC(=O)Cc1csc(NC(=O)C(C)OC(=O)c2ccccc2-c2nc3ccccc3[nH]2)n1. The molecule has 0 saturated heterocycles. The second kappa shape index (κ2) is 10.3. The molecule has 4 rings (SSSR count). The maximum absolute atomic E-state index is 12.9. The van der Waals surface area contributed by atoms with Crippen LogP contribution in [0.1, 0.15) is 29.9 Å². The van der Waals surface area contributed by atoms with Gasteiger partial charge < -0.3 is 14.5 Å². The van der Waals surface area contributed by atoms with Crippen LogP contribution in [0.2, 0.25) is 0 Å². The molecule has 0 aliphatic heterocycles. The predicted octanol–water partition coefficient (Wildman–Crippen LogP) is 3.98. The standard InChI is InChI=1S/C24H22N4O5S/c1-3-32-20(29)12-15-13-34-24(25-15)28-22(30)14(2)33-23(31)17-9-5-4-8-16(17)21-26-18-10-6-7-11-19(18)27-21/h4-11,13-14H,3,12H2,1-2H3,(H,26,27)(H,25,28,30). The maximum atomic E-state index is 12.9. The number of carbonyl (C=O) groups excluding carboxylic acids is 3. The van der Waals surface area contributed by atoms with Gasteiger partial charge in [0.15, 0.2) is 11.2 Å². The van der Waals surface area contributed by atoms with Gasteiger partial charge in [-0.2, -0.15) is 0 Å². The molecule has 174 valence electrons. The van der Waals surface area contributed by atoms with E-state index in [4.69, 9.17) is 9.47 Å². The molecule has 4 aromatic rings. The van der Waals surface area contributed by atoms with E-state index in [-0.39, 0.29) is 18.6 Å². The van der Waals surface area contributed by atoms with Crippen molar-refractivity contribution < 1.29 is 23.9 Å². The number of hydrogen-bond acceptors (Lipinski definition) is 8. The van der Waals surface area contributed by atoms with Crippen molar-refractivity contribution in [3.05, 3.63) is 65.2 Å². The van der Waals surface area contributed by atoms with Crippen LogP contribution >= 0.6 is 11.3 Å². The van der Waals surface area contributed by atoms with Gasteiger partial charge in [-0.25, -0.2) is 14.8 Å². The van der Waals surface area contributed by atoms with Crippen molar-refractivity contribution in [3.63, 3.8) is 0 Å². The minimum absolute atomic E-state index is 0.0172. The molecule has 2 heterocycles. The van der Waals surface area contributed by atoms with E-state index in [1.807, 2.05) is 24.3 Å². The monoisotopic (exact) mass is 478 g/mol. The Morgan fingerprint density at radius 2 is 1.85 bits per heavy atom. The van der Waals surface area contributed by atoms with Gasteiger partial charge in [0.2, 0.25) is 0 Å². The van der Waals surface area contributed by atoms with Crippen molar-refractivity contribution in [1.82, 2.24) is 15.0 Å². The van der Waals surface area contributed by atoms with Gasteiger partial charge in [-0.1, -0.05) is 30.3 Å². The summed E-state index contributed by atoms with van der Waals surface area (Å²) in [6.07, 6.45) is -1.06. The van der Waals surface area contributed by atoms with Gasteiger partial charge in [-0.15, -0.1) is 11.3 Å². The third-order valence-electron chi connectivity index (χ3n) is 4.86. The van der Waals surface area contributed by atoms with Gasteiger partial charge in [0, 0.05) is 10.9 Å². The summed E-state index contributed by atoms with van der Waals surface area (Å²) in [6, 6.07) is 14.5. The molecule has 0 radical (unpaired) electrons. The largest absolute Gasteiger partial charge is 0.466 e. The molecule has 0 bridgehead atoms. The number of rotatable bonds is 8. The summed E-state index contributed by atoms with van der Waals surface area (Å²) in [5.41, 5.74) is 2.97. The number of thiazole rings is 1. The Morgan fingerprint density at radius 3 is 2.65 bits per heavy atom. The quantitative estimate of drug-likeness (QED) is 0.367. The van der Waals surface area contributed by atoms with Gasteiger partial charge >= 0.3 is 11.9 Å². The van der Waals surface area contributed by atoms with Crippen molar-refractivity contribution in [2.75, 3.05) is 11.9 Å². The minimum atomic E-state index is -1.08. The van der Waals surface area contributed by atoms with Crippen molar-refractivity contribution in [2.24, 2.45) is 0 Å². The zero-order valence-electron chi connectivity index (χ0n) is 18.5. The number of amides is 1. The molecule has 34 heavy (non-hydrogen) atoms. The lowest BCUT2D eigenvalue weighted by Crippen LogP contribution is -2.30. The highest BCUT2D eigenvalue weighted by Crippen LogP contribution is 2.25. The Hall–Kier alpha value is -4.05. The lowest BCUT2D eigenvalue weighted by Gasteiger charge is -2.13. The Morgan fingerprint density at radius 1 is 1.09 bits per heavy atom. The summed E-state index contributed by atoms with van der Waals surface area (Å²) < 4.78 is 10.3. The second-order valence-electron chi connectivity index (χ2n) is 7.31. The molecule has 1 unspecified atom stereocenters. The first-order valence-electron chi connectivity index (χ1n) is 10.6. The van der Waals surface area contributed by atoms with Crippen LogP contribution in [0.4, 0.5) is 5.13 Å². The zero-order valence-corrected chi connectivity index (χ0v) is 19.3. The number of para-hydroxylation sites is 2. The van der Waals surface area contributed by atoms with Crippen LogP contribution < -0.4 is 5.32 Å². The number of imidazole rings is 1. The number of aromatic amines is 1. The number of esters is 2. The number of carbonyl (C=O) groups is 3. The molecule has 0 spiro atoms. The normalized spacial score (nSPS) is 11.7. The number of benzene rings is 2. The van der Waals surface area contributed by atoms with Gasteiger partial charge in [-0.3, -0.25) is 14.9 Å². The average molecular weight is 479 g/mol. The first kappa shape index (κ1) is 23.1. The molecule has 2 aromatic carbocycles. The number of ether oxygens (including phenoxy) is 2. The third kappa shape index (κ3) is 5.29. The summed E-state index contributed by atoms with van der Waals surface area (Å²) in [5.74, 6) is -1.05. The summed E-state index contributed by atoms with van der Waals surface area (Å²) in [5, 5.41) is 4.57. The van der Waals surface area contributed by atoms with Gasteiger partial charge in [0.05, 0.1) is 35.3 Å². The lowest BCUT2D eigenvalue weighted by atomic mass is 10.1. The third-order valence-corrected chi connectivity index (χ3v) is 5.66. The molecule has 1 atom stereocenters. The van der Waals surface area contributed by atoms with Crippen LogP contribution in [0.25, 0.3) is 22.4 Å². The van der Waals surface area contributed by atoms with Crippen LogP contribution in [0.15, 0.2) is 53.9 Å². The molecule has 10 heteroatoms. The van der Waals surface area contributed by atoms with Crippen LogP contribution in [0.5, 0.6) is 0 Å². The van der Waals surface area contributed by atoms with E-state index in [2.05, 4.69) is 20.3 Å². The maximum Gasteiger partial charge on any atom is 0.339 e. The minimum Gasteiger partial charge on any atom is -0.466 e. The highest BCUT2D eigenvalue weighted by molar-refractivity contribution is 7.13. The van der Waals surface area contributed by atoms with E-state index in [0.29, 0.717) is 22.2 Å². The number of aromatic nitrogens is 3. The smallest absolute Gasteiger partial charge is 0.339 e. The van der Waals surface area contributed by atoms with Gasteiger partial charge in [-0.05, 0) is 32.0 Å². The molecule has 0 saturated carbocycles. The summed E-state index contributed by atoms with van der Waals surface area (Å²) >= 11 is 1.17. The van der Waals surface area contributed by atoms with E-state index in [1.54, 1.807) is 36.6 Å². The van der Waals surface area contributed by atoms with E-state index < -0.39 is 23.9 Å². The second-order valence-corrected chi connectivity index (χ2v) is 8.17. The Balaban J connectivity index is 1.42. The van der Waals surface area contributed by atoms with Crippen molar-refractivity contribution in [2.45, 2.75) is 26.4 Å². The fourth-order valence-corrected chi connectivity index (χ4v) is 3.95. The number of anilines is 1. The molecule has 0 aliphatic carbocycles. The van der Waals surface area contributed by atoms with E-state index in [0.717, 1.165) is 11.0 Å². The van der Waals surface area contributed by atoms with E-state index in [1.165, 1.54) is 18.3 Å². The molecule has 2 aromatic heterocycles. The molecular formula is C24H22N4O5S. The Kier molecular flexibility index (Phi) is 6.98. The lowest BCUT2D eigenvalue weighted by molar-refractivity contribution is -0.142. The molecule has 0 fully saturated rings. The summed E-state index contributed by atoms with van der Waals surface area (Å²) in [6.45, 7) is 3.49. The van der Waals surface area contributed by atoms with Crippen LogP contribution in [0, 0.1) is 0 Å². The number of fused-ring (bicyclic) bond motifs is 1. The van der Waals surface area contributed by atoms with Crippen molar-refractivity contribution in [1.29, 1.82) is 0 Å². The van der Waals surface area contributed by atoms with Crippen LogP contribution in [-0.2, 0) is 25.5 Å². The topological polar surface area (TPSA) is 123 Å². The molecule has 9 nitrogen and oxygen atoms in total. The van der Waals surface area contributed by atoms with E-state index >= 15 is 0 Å². The van der Waals surface area contributed by atoms with Crippen LogP contribution in [-0.4, -0.2) is 45.5 Å². The highest BCUT2D eigenvalue weighted by atomic mass is 32.1. The van der Waals surface area contributed by atoms with E-state index in [9.17, 15) is 14.4 Å². The fourth-order valence-electron chi connectivity index (χ4n) is 3.24. The predicted molar refractivity (Wildman–Crippen MR) is 127 cm³/mol. The van der Waals surface area contributed by atoms with Crippen LogP contribution in [0.3, 0.4) is 0 Å².